The van der Waals surface area contributed by atoms with E-state index in [0.29, 0.717) is 19.8 Å². The molecule has 0 fully saturated rings. The van der Waals surface area contributed by atoms with Crippen molar-refractivity contribution < 1.29 is 9.53 Å². The minimum atomic E-state index is -0.499. The summed E-state index contributed by atoms with van der Waals surface area (Å²) in [7, 11) is 3.58. The normalized spacial score (nSPS) is 11.5. The Bertz CT molecular complexity index is 181. The lowest BCUT2D eigenvalue weighted by atomic mass is 10.0. The molecule has 4 nitrogen and oxygen atoms in total. The standard InChI is InChI=1S/C10H22N2O2/c1-6-14-8-7-12(5)9(13)10(2,3)11-4/h11H,6-8H2,1-5H3. The number of carbonyl (C=O) groups is 1. The SMILES string of the molecule is CCOCCN(C)C(=O)C(C)(C)NC. The van der Waals surface area contributed by atoms with Crippen molar-refractivity contribution in [3.05, 3.63) is 0 Å². The Morgan fingerprint density at radius 1 is 1.50 bits per heavy atom. The number of ether oxygens (including phenoxy) is 1. The molecule has 1 N–H and O–H groups in total. The monoisotopic (exact) mass is 202 g/mol. The maximum atomic E-state index is 11.8. The highest BCUT2D eigenvalue weighted by atomic mass is 16.5. The topological polar surface area (TPSA) is 41.6 Å². The van der Waals surface area contributed by atoms with Gasteiger partial charge in [0.05, 0.1) is 12.1 Å². The molecule has 4 heteroatoms. The zero-order valence-corrected chi connectivity index (χ0v) is 9.89. The fraction of sp³-hybridized carbons (Fsp3) is 0.900. The molecule has 0 aromatic heterocycles. The molecule has 0 heterocycles. The molecular weight excluding hydrogens is 180 g/mol. The highest BCUT2D eigenvalue weighted by Gasteiger charge is 2.27. The fourth-order valence-electron chi connectivity index (χ4n) is 1.03. The van der Waals surface area contributed by atoms with Crippen LogP contribution in [-0.2, 0) is 9.53 Å². The fourth-order valence-corrected chi connectivity index (χ4v) is 1.03. The van der Waals surface area contributed by atoms with Crippen LogP contribution in [0, 0.1) is 0 Å². The molecular formula is C10H22N2O2. The third-order valence-electron chi connectivity index (χ3n) is 2.28. The number of likely N-dealkylation sites (N-methyl/N-ethyl adjacent to an activating group) is 2. The van der Waals surface area contributed by atoms with E-state index in [-0.39, 0.29) is 5.91 Å². The number of carbonyl (C=O) groups excluding carboxylic acids is 1. The highest BCUT2D eigenvalue weighted by molar-refractivity contribution is 5.85. The van der Waals surface area contributed by atoms with Crippen LogP contribution in [0.1, 0.15) is 20.8 Å². The first-order chi connectivity index (χ1) is 6.45. The van der Waals surface area contributed by atoms with Crippen molar-refractivity contribution >= 4 is 5.91 Å². The first-order valence-corrected chi connectivity index (χ1v) is 4.98. The molecule has 0 unspecified atom stereocenters. The summed E-state index contributed by atoms with van der Waals surface area (Å²) >= 11 is 0. The van der Waals surface area contributed by atoms with Crippen LogP contribution in [-0.4, -0.2) is 50.2 Å². The van der Waals surface area contributed by atoms with Crippen LogP contribution in [0.5, 0.6) is 0 Å². The van der Waals surface area contributed by atoms with E-state index in [1.165, 1.54) is 0 Å². The molecule has 0 atom stereocenters. The summed E-state index contributed by atoms with van der Waals surface area (Å²) in [5, 5.41) is 2.98. The quantitative estimate of drug-likeness (QED) is 0.637. The number of nitrogens with one attached hydrogen (secondary N) is 1. The number of amides is 1. The molecule has 0 aromatic carbocycles. The van der Waals surface area contributed by atoms with E-state index in [1.54, 1.807) is 19.0 Å². The van der Waals surface area contributed by atoms with Gasteiger partial charge >= 0.3 is 0 Å². The molecule has 0 rings (SSSR count). The summed E-state index contributed by atoms with van der Waals surface area (Å²) in [6.07, 6.45) is 0. The third-order valence-corrected chi connectivity index (χ3v) is 2.28. The van der Waals surface area contributed by atoms with Gasteiger partial charge in [-0.05, 0) is 27.8 Å². The van der Waals surface area contributed by atoms with Crippen molar-refractivity contribution in [3.8, 4) is 0 Å². The Kier molecular flexibility index (Phi) is 5.72. The van der Waals surface area contributed by atoms with Crippen LogP contribution in [0.25, 0.3) is 0 Å². The molecule has 0 radical (unpaired) electrons. The lowest BCUT2D eigenvalue weighted by Gasteiger charge is -2.28. The third kappa shape index (κ3) is 4.07. The molecule has 0 aliphatic carbocycles. The second kappa shape index (κ2) is 5.98. The van der Waals surface area contributed by atoms with Crippen LogP contribution in [0.3, 0.4) is 0 Å². The van der Waals surface area contributed by atoms with E-state index in [1.807, 2.05) is 20.8 Å². The Hall–Kier alpha value is -0.610. The van der Waals surface area contributed by atoms with Crippen LogP contribution >= 0.6 is 0 Å². The molecule has 0 saturated carbocycles. The van der Waals surface area contributed by atoms with Gasteiger partial charge in [0.15, 0.2) is 0 Å². The summed E-state index contributed by atoms with van der Waals surface area (Å²) in [6.45, 7) is 7.60. The summed E-state index contributed by atoms with van der Waals surface area (Å²) in [5.41, 5.74) is -0.499. The highest BCUT2D eigenvalue weighted by Crippen LogP contribution is 2.05. The number of hydrogen-bond acceptors (Lipinski definition) is 3. The minimum absolute atomic E-state index is 0.0831. The van der Waals surface area contributed by atoms with E-state index in [9.17, 15) is 4.79 Å². The van der Waals surface area contributed by atoms with Crippen LogP contribution < -0.4 is 5.32 Å². The predicted molar refractivity (Wildman–Crippen MR) is 57.3 cm³/mol. The van der Waals surface area contributed by atoms with Crippen LogP contribution in [0.15, 0.2) is 0 Å². The van der Waals surface area contributed by atoms with Crippen molar-refractivity contribution in [2.75, 3.05) is 33.9 Å². The van der Waals surface area contributed by atoms with Crippen molar-refractivity contribution in [3.63, 3.8) is 0 Å². The lowest BCUT2D eigenvalue weighted by Crippen LogP contribution is -2.52. The van der Waals surface area contributed by atoms with Gasteiger partial charge in [0.25, 0.3) is 0 Å². The zero-order valence-electron chi connectivity index (χ0n) is 9.89. The maximum Gasteiger partial charge on any atom is 0.242 e. The molecule has 84 valence electrons. The zero-order chi connectivity index (χ0) is 11.2. The van der Waals surface area contributed by atoms with Gasteiger partial charge in [-0.25, -0.2) is 0 Å². The van der Waals surface area contributed by atoms with Gasteiger partial charge < -0.3 is 15.0 Å². The molecule has 1 amide bonds. The molecule has 0 aliphatic rings. The summed E-state index contributed by atoms with van der Waals surface area (Å²) in [4.78, 5) is 13.5. The predicted octanol–water partition coefficient (Wildman–Crippen LogP) is 0.479. The second-order valence-corrected chi connectivity index (χ2v) is 3.80. The summed E-state index contributed by atoms with van der Waals surface area (Å²) in [5.74, 6) is 0.0831. The van der Waals surface area contributed by atoms with Crippen molar-refractivity contribution in [1.82, 2.24) is 10.2 Å². The molecule has 0 spiro atoms. The minimum Gasteiger partial charge on any atom is -0.380 e. The lowest BCUT2D eigenvalue weighted by molar-refractivity contribution is -0.136. The average Bonchev–Trinajstić information content (AvgIpc) is 2.17. The van der Waals surface area contributed by atoms with E-state index in [2.05, 4.69) is 5.32 Å². The molecule has 14 heavy (non-hydrogen) atoms. The van der Waals surface area contributed by atoms with Gasteiger partial charge in [-0.1, -0.05) is 0 Å². The van der Waals surface area contributed by atoms with Gasteiger partial charge in [-0.15, -0.1) is 0 Å². The molecule has 0 aromatic rings. The summed E-state index contributed by atoms with van der Waals surface area (Å²) < 4.78 is 5.19. The Morgan fingerprint density at radius 3 is 2.50 bits per heavy atom. The Balaban J connectivity index is 3.99. The second-order valence-electron chi connectivity index (χ2n) is 3.80. The van der Waals surface area contributed by atoms with E-state index in [0.717, 1.165) is 0 Å². The molecule has 0 saturated heterocycles. The largest absolute Gasteiger partial charge is 0.380 e. The molecule has 0 bridgehead atoms. The molecule has 0 aliphatic heterocycles. The number of nitrogens with zero attached hydrogens (tertiary/aromatic N) is 1. The van der Waals surface area contributed by atoms with E-state index in [4.69, 9.17) is 4.74 Å². The van der Waals surface area contributed by atoms with Crippen molar-refractivity contribution in [2.24, 2.45) is 0 Å². The van der Waals surface area contributed by atoms with Gasteiger partial charge in [-0.3, -0.25) is 4.79 Å². The number of rotatable bonds is 6. The van der Waals surface area contributed by atoms with E-state index >= 15 is 0 Å². The Morgan fingerprint density at radius 2 is 2.07 bits per heavy atom. The van der Waals surface area contributed by atoms with Gasteiger partial charge in [0.1, 0.15) is 0 Å². The van der Waals surface area contributed by atoms with Crippen molar-refractivity contribution in [1.29, 1.82) is 0 Å². The van der Waals surface area contributed by atoms with Gasteiger partial charge in [0.2, 0.25) is 5.91 Å². The van der Waals surface area contributed by atoms with Crippen LogP contribution in [0.4, 0.5) is 0 Å². The van der Waals surface area contributed by atoms with Gasteiger partial charge in [-0.2, -0.15) is 0 Å². The first-order valence-electron chi connectivity index (χ1n) is 4.98. The van der Waals surface area contributed by atoms with Gasteiger partial charge in [0, 0.05) is 20.2 Å². The average molecular weight is 202 g/mol. The van der Waals surface area contributed by atoms with Crippen molar-refractivity contribution in [2.45, 2.75) is 26.3 Å². The maximum absolute atomic E-state index is 11.8. The smallest absolute Gasteiger partial charge is 0.242 e. The summed E-state index contributed by atoms with van der Waals surface area (Å²) in [6, 6.07) is 0. The Labute approximate surface area is 86.6 Å². The van der Waals surface area contributed by atoms with E-state index < -0.39 is 5.54 Å². The van der Waals surface area contributed by atoms with Crippen LogP contribution in [0.2, 0.25) is 0 Å². The first kappa shape index (κ1) is 13.4. The number of hydrogen-bond donors (Lipinski definition) is 1.